The maximum absolute atomic E-state index is 14.2. The van der Waals surface area contributed by atoms with Crippen molar-refractivity contribution in [3.05, 3.63) is 106 Å². The van der Waals surface area contributed by atoms with E-state index in [4.69, 9.17) is 5.73 Å². The van der Waals surface area contributed by atoms with Crippen molar-refractivity contribution in [2.45, 2.75) is 43.9 Å². The molecule has 6 rings (SSSR count). The van der Waals surface area contributed by atoms with E-state index in [-0.39, 0.29) is 46.3 Å². The highest BCUT2D eigenvalue weighted by Crippen LogP contribution is 2.63. The number of amides is 2. The van der Waals surface area contributed by atoms with E-state index in [2.05, 4.69) is 15.4 Å². The van der Waals surface area contributed by atoms with Crippen molar-refractivity contribution in [2.24, 2.45) is 11.7 Å². The van der Waals surface area contributed by atoms with Crippen LogP contribution in [0.5, 0.6) is 0 Å². The third-order valence-electron chi connectivity index (χ3n) is 7.86. The lowest BCUT2D eigenvalue weighted by Crippen LogP contribution is -2.34. The fourth-order valence-electron chi connectivity index (χ4n) is 5.96. The van der Waals surface area contributed by atoms with Gasteiger partial charge in [0, 0.05) is 23.4 Å². The molecule has 4 aromatic rings. The number of fused-ring (bicyclic) bond motifs is 3. The van der Waals surface area contributed by atoms with Crippen LogP contribution in [0.2, 0.25) is 0 Å². The lowest BCUT2D eigenvalue weighted by molar-refractivity contribution is -0.122. The molecular weight excluding hydrogens is 573 g/mol. The van der Waals surface area contributed by atoms with Gasteiger partial charge in [-0.3, -0.25) is 19.3 Å². The van der Waals surface area contributed by atoms with Crippen molar-refractivity contribution in [1.82, 2.24) is 20.1 Å². The molecule has 13 heteroatoms. The summed E-state index contributed by atoms with van der Waals surface area (Å²) in [5, 5.41) is 17.3. The number of carbonyl (C=O) groups excluding carboxylic acids is 2. The van der Waals surface area contributed by atoms with Crippen molar-refractivity contribution >= 4 is 11.8 Å². The Balaban J connectivity index is 1.36. The van der Waals surface area contributed by atoms with Crippen LogP contribution in [0.3, 0.4) is 0 Å². The van der Waals surface area contributed by atoms with Gasteiger partial charge in [-0.15, -0.1) is 0 Å². The van der Waals surface area contributed by atoms with Gasteiger partial charge < -0.3 is 16.2 Å². The van der Waals surface area contributed by atoms with Crippen LogP contribution in [0.15, 0.2) is 54.7 Å². The highest BCUT2D eigenvalue weighted by molar-refractivity contribution is 5.94. The first-order valence-corrected chi connectivity index (χ1v) is 13.4. The fourth-order valence-corrected chi connectivity index (χ4v) is 5.96. The number of nitrogens with one attached hydrogen (secondary N) is 1. The van der Waals surface area contributed by atoms with Crippen molar-refractivity contribution in [2.75, 3.05) is 0 Å². The van der Waals surface area contributed by atoms with E-state index < -0.39 is 60.1 Å². The molecule has 0 aliphatic heterocycles. The highest BCUT2D eigenvalue weighted by atomic mass is 19.3. The largest absolute Gasteiger partial charge is 0.386 e. The molecule has 2 aliphatic rings. The number of primary amides is 1. The van der Waals surface area contributed by atoms with Crippen LogP contribution in [0.1, 0.15) is 69.5 Å². The summed E-state index contributed by atoms with van der Waals surface area (Å²) in [5.74, 6) is -4.63. The van der Waals surface area contributed by atoms with Gasteiger partial charge in [0.15, 0.2) is 0 Å². The van der Waals surface area contributed by atoms with Gasteiger partial charge in [0.05, 0.1) is 29.1 Å². The molecule has 2 heterocycles. The number of halogens is 5. The van der Waals surface area contributed by atoms with E-state index in [0.29, 0.717) is 23.6 Å². The second-order valence-electron chi connectivity index (χ2n) is 10.7. The molecule has 222 valence electrons. The summed E-state index contributed by atoms with van der Waals surface area (Å²) >= 11 is 0. The molecule has 4 N–H and O–H groups in total. The molecule has 2 aliphatic carbocycles. The van der Waals surface area contributed by atoms with E-state index >= 15 is 0 Å². The first-order chi connectivity index (χ1) is 20.5. The molecule has 0 radical (unpaired) electrons. The third kappa shape index (κ3) is 5.36. The molecule has 1 saturated carbocycles. The fraction of sp³-hybridized carbons (Fsp3) is 0.267. The second kappa shape index (κ2) is 10.9. The minimum Gasteiger partial charge on any atom is -0.386 e. The number of nitrogens with two attached hydrogens (primary N) is 1. The van der Waals surface area contributed by atoms with Crippen LogP contribution < -0.4 is 11.1 Å². The molecule has 8 nitrogen and oxygen atoms in total. The van der Waals surface area contributed by atoms with E-state index in [0.717, 1.165) is 22.9 Å². The molecule has 0 saturated heterocycles. The number of pyridine rings is 1. The summed E-state index contributed by atoms with van der Waals surface area (Å²) in [4.78, 5) is 29.6. The van der Waals surface area contributed by atoms with E-state index in [1.54, 1.807) is 12.1 Å². The van der Waals surface area contributed by atoms with Gasteiger partial charge >= 0.3 is 0 Å². The first kappa shape index (κ1) is 28.5. The number of rotatable bonds is 9. The predicted molar refractivity (Wildman–Crippen MR) is 142 cm³/mol. The number of hydrogen-bond donors (Lipinski definition) is 3. The van der Waals surface area contributed by atoms with Gasteiger partial charge in [-0.1, -0.05) is 12.1 Å². The summed E-state index contributed by atoms with van der Waals surface area (Å²) in [6.07, 6.45) is -2.08. The Labute approximate surface area is 241 Å². The summed E-state index contributed by atoms with van der Waals surface area (Å²) < 4.78 is 71.0. The standard InChI is InChI=1S/C30H24F5N5O3/c31-15-6-13(7-16(32)10-15)8-22(25-17(2-1-5-37-25)14-3-4-21(33)20(9-14)30(36)43)38-23(41)12-40-27-24(26(39-40)29(34)35)18-11-19(18)28(27)42/h1-7,9-10,18-19,22,28-29,42H,8,11-12H2,(H2,36,43)(H,38,41)/t18?,19?,22-,28?/m0/s1. The maximum Gasteiger partial charge on any atom is 0.282 e. The number of carbonyl (C=O) groups is 2. The normalized spacial score (nSPS) is 19.2. The lowest BCUT2D eigenvalue weighted by Gasteiger charge is -2.22. The highest BCUT2D eigenvalue weighted by Gasteiger charge is 2.56. The molecule has 2 aromatic heterocycles. The van der Waals surface area contributed by atoms with E-state index in [1.165, 1.54) is 18.3 Å². The SMILES string of the molecule is NC(=O)c1cc(-c2cccnc2[C@H](Cc2cc(F)cc(F)c2)NC(=O)Cn2nc(C(F)F)c3c2C(O)C2CC32)ccc1F. The van der Waals surface area contributed by atoms with Crippen LogP contribution in [0.4, 0.5) is 22.0 Å². The Morgan fingerprint density at radius 3 is 2.51 bits per heavy atom. The van der Waals surface area contributed by atoms with Gasteiger partial charge in [0.1, 0.15) is 29.7 Å². The molecular formula is C30H24F5N5O3. The third-order valence-corrected chi connectivity index (χ3v) is 7.86. The van der Waals surface area contributed by atoms with Crippen LogP contribution in [-0.4, -0.2) is 31.7 Å². The van der Waals surface area contributed by atoms with Crippen molar-refractivity contribution in [1.29, 1.82) is 0 Å². The Hall–Kier alpha value is -4.65. The van der Waals surface area contributed by atoms with E-state index in [9.17, 15) is 36.6 Å². The Morgan fingerprint density at radius 1 is 1.07 bits per heavy atom. The molecule has 4 atom stereocenters. The summed E-state index contributed by atoms with van der Waals surface area (Å²) in [7, 11) is 0. The number of aromatic nitrogens is 3. The summed E-state index contributed by atoms with van der Waals surface area (Å²) in [6, 6.07) is 8.67. The summed E-state index contributed by atoms with van der Waals surface area (Å²) in [6.45, 7) is -0.524. The number of alkyl halides is 2. The van der Waals surface area contributed by atoms with Crippen molar-refractivity contribution < 1.29 is 36.6 Å². The number of aliphatic hydroxyl groups is 1. The first-order valence-electron chi connectivity index (χ1n) is 13.4. The zero-order valence-corrected chi connectivity index (χ0v) is 22.3. The molecule has 0 bridgehead atoms. The monoisotopic (exact) mass is 597 g/mol. The zero-order valence-electron chi connectivity index (χ0n) is 22.3. The molecule has 2 aromatic carbocycles. The van der Waals surface area contributed by atoms with Crippen LogP contribution in [0.25, 0.3) is 11.1 Å². The Morgan fingerprint density at radius 2 is 1.81 bits per heavy atom. The molecule has 3 unspecified atom stereocenters. The topological polar surface area (TPSA) is 123 Å². The number of hydrogen-bond acceptors (Lipinski definition) is 5. The molecule has 43 heavy (non-hydrogen) atoms. The quantitative estimate of drug-likeness (QED) is 0.243. The average Bonchev–Trinajstić information content (AvgIpc) is 3.57. The average molecular weight is 598 g/mol. The lowest BCUT2D eigenvalue weighted by atomic mass is 9.94. The smallest absolute Gasteiger partial charge is 0.282 e. The number of benzene rings is 2. The summed E-state index contributed by atoms with van der Waals surface area (Å²) in [5.41, 5.74) is 6.01. The van der Waals surface area contributed by atoms with Gasteiger partial charge in [-0.2, -0.15) is 5.10 Å². The minimum atomic E-state index is -2.89. The molecule has 1 fully saturated rings. The molecule has 2 amide bonds. The van der Waals surface area contributed by atoms with Gasteiger partial charge in [0.25, 0.3) is 12.3 Å². The van der Waals surface area contributed by atoms with Crippen molar-refractivity contribution in [3.8, 4) is 11.1 Å². The van der Waals surface area contributed by atoms with Gasteiger partial charge in [-0.25, -0.2) is 22.0 Å². The van der Waals surface area contributed by atoms with Crippen molar-refractivity contribution in [3.63, 3.8) is 0 Å². The Kier molecular flexibility index (Phi) is 7.20. The van der Waals surface area contributed by atoms with Gasteiger partial charge in [-0.05, 0) is 66.1 Å². The number of aliphatic hydroxyl groups excluding tert-OH is 1. The molecule has 0 spiro atoms. The van der Waals surface area contributed by atoms with Crippen LogP contribution in [-0.2, 0) is 17.8 Å². The van der Waals surface area contributed by atoms with Gasteiger partial charge in [0.2, 0.25) is 5.91 Å². The number of nitrogens with zero attached hydrogens (tertiary/aromatic N) is 3. The maximum atomic E-state index is 14.2. The van der Waals surface area contributed by atoms with E-state index in [1.807, 2.05) is 0 Å². The minimum absolute atomic E-state index is 0.152. The van der Waals surface area contributed by atoms with Crippen LogP contribution >= 0.6 is 0 Å². The van der Waals surface area contributed by atoms with Crippen LogP contribution in [0, 0.1) is 23.4 Å². The Bertz CT molecular complexity index is 1740. The second-order valence-corrected chi connectivity index (χ2v) is 10.7. The zero-order chi connectivity index (χ0) is 30.6. The predicted octanol–water partition coefficient (Wildman–Crippen LogP) is 4.65.